The van der Waals surface area contributed by atoms with Gasteiger partial charge in [0.2, 0.25) is 6.41 Å². The molecule has 0 unspecified atom stereocenters. The van der Waals surface area contributed by atoms with E-state index in [2.05, 4.69) is 19.2 Å². The number of hydrogen-bond acceptors (Lipinski definition) is 1. The lowest BCUT2D eigenvalue weighted by Gasteiger charge is -2.08. The second-order valence-corrected chi connectivity index (χ2v) is 1.80. The molecule has 2 nitrogen and oxygen atoms in total. The molecule has 10 heavy (non-hydrogen) atoms. The van der Waals surface area contributed by atoms with Gasteiger partial charge in [-0.1, -0.05) is 27.7 Å². The second kappa shape index (κ2) is 11.3. The van der Waals surface area contributed by atoms with Gasteiger partial charge in [-0.25, -0.2) is 0 Å². The molecular weight excluding hydrogens is 126 g/mol. The molecule has 0 saturated carbocycles. The van der Waals surface area contributed by atoms with Crippen molar-refractivity contribution in [2.24, 2.45) is 0 Å². The maximum Gasteiger partial charge on any atom is 0.207 e. The minimum absolute atomic E-state index is 0.382. The predicted octanol–water partition coefficient (Wildman–Crippen LogP) is 1.95. The number of carbonyl (C=O) groups is 1. The van der Waals surface area contributed by atoms with Crippen molar-refractivity contribution < 1.29 is 4.79 Å². The third-order valence-corrected chi connectivity index (χ3v) is 1.29. The van der Waals surface area contributed by atoms with Gasteiger partial charge < -0.3 is 5.32 Å². The van der Waals surface area contributed by atoms with Gasteiger partial charge in [0, 0.05) is 6.04 Å². The van der Waals surface area contributed by atoms with Gasteiger partial charge >= 0.3 is 0 Å². The summed E-state index contributed by atoms with van der Waals surface area (Å²) < 4.78 is 0. The topological polar surface area (TPSA) is 29.1 Å². The van der Waals surface area contributed by atoms with E-state index in [-0.39, 0.29) is 0 Å². The molecule has 0 aromatic carbocycles. The lowest BCUT2D eigenvalue weighted by molar-refractivity contribution is -0.110. The third kappa shape index (κ3) is 7.47. The zero-order valence-corrected chi connectivity index (χ0v) is 7.48. The Morgan fingerprint density at radius 1 is 1.30 bits per heavy atom. The van der Waals surface area contributed by atoms with Gasteiger partial charge in [0.15, 0.2) is 0 Å². The number of hydrogen-bond donors (Lipinski definition) is 1. The van der Waals surface area contributed by atoms with E-state index in [1.54, 1.807) is 0 Å². The van der Waals surface area contributed by atoms with Crippen LogP contribution >= 0.6 is 0 Å². The molecule has 62 valence electrons. The van der Waals surface area contributed by atoms with Crippen molar-refractivity contribution in [2.75, 3.05) is 0 Å². The standard InChI is InChI=1S/C6H13NO.C2H6/c1-3-6(4-2)7-5-8;1-2/h5-6H,3-4H2,1-2H3,(H,7,8);1-2H3. The van der Waals surface area contributed by atoms with Crippen LogP contribution in [0.25, 0.3) is 0 Å². The fourth-order valence-electron chi connectivity index (χ4n) is 0.621. The molecule has 2 heteroatoms. The number of rotatable bonds is 4. The summed E-state index contributed by atoms with van der Waals surface area (Å²) in [5.41, 5.74) is 0. The first kappa shape index (κ1) is 12.2. The van der Waals surface area contributed by atoms with Gasteiger partial charge in [0.05, 0.1) is 0 Å². The van der Waals surface area contributed by atoms with E-state index in [1.165, 1.54) is 0 Å². The summed E-state index contributed by atoms with van der Waals surface area (Å²) in [4.78, 5) is 9.82. The lowest BCUT2D eigenvalue weighted by atomic mass is 10.2. The maximum absolute atomic E-state index is 9.82. The summed E-state index contributed by atoms with van der Waals surface area (Å²) in [5.74, 6) is 0. The van der Waals surface area contributed by atoms with Crippen molar-refractivity contribution in [3.8, 4) is 0 Å². The summed E-state index contributed by atoms with van der Waals surface area (Å²) in [6, 6.07) is 0.382. The predicted molar refractivity (Wildman–Crippen MR) is 44.9 cm³/mol. The second-order valence-electron chi connectivity index (χ2n) is 1.80. The molecular formula is C8H19NO. The Morgan fingerprint density at radius 2 is 1.70 bits per heavy atom. The Hall–Kier alpha value is -0.530. The Labute approximate surface area is 64.0 Å². The lowest BCUT2D eigenvalue weighted by Crippen LogP contribution is -2.25. The average Bonchev–Trinajstić information content (AvgIpc) is 2.04. The normalized spacial score (nSPS) is 8.10. The number of carbonyl (C=O) groups excluding carboxylic acids is 1. The monoisotopic (exact) mass is 145 g/mol. The van der Waals surface area contributed by atoms with Gasteiger partial charge in [-0.2, -0.15) is 0 Å². The molecule has 0 aliphatic carbocycles. The van der Waals surface area contributed by atoms with Crippen LogP contribution in [0, 0.1) is 0 Å². The summed E-state index contributed by atoms with van der Waals surface area (Å²) in [6.45, 7) is 8.12. The highest BCUT2D eigenvalue weighted by atomic mass is 16.1. The highest BCUT2D eigenvalue weighted by Crippen LogP contribution is 1.92. The van der Waals surface area contributed by atoms with Crippen LogP contribution < -0.4 is 5.32 Å². The quantitative estimate of drug-likeness (QED) is 0.602. The van der Waals surface area contributed by atoms with Gasteiger partial charge in [0.1, 0.15) is 0 Å². The van der Waals surface area contributed by atoms with E-state index in [1.807, 2.05) is 13.8 Å². The SMILES string of the molecule is CC.CCC(CC)NC=O. The van der Waals surface area contributed by atoms with Crippen molar-refractivity contribution in [3.63, 3.8) is 0 Å². The van der Waals surface area contributed by atoms with E-state index in [4.69, 9.17) is 0 Å². The van der Waals surface area contributed by atoms with E-state index in [0.717, 1.165) is 19.3 Å². The fraction of sp³-hybridized carbons (Fsp3) is 0.875. The molecule has 0 atom stereocenters. The molecule has 0 radical (unpaired) electrons. The molecule has 0 rings (SSSR count). The van der Waals surface area contributed by atoms with E-state index in [0.29, 0.717) is 6.04 Å². The first-order chi connectivity index (χ1) is 4.85. The van der Waals surface area contributed by atoms with E-state index >= 15 is 0 Å². The highest BCUT2D eigenvalue weighted by Gasteiger charge is 1.96. The molecule has 0 saturated heterocycles. The zero-order valence-electron chi connectivity index (χ0n) is 7.48. The summed E-state index contributed by atoms with van der Waals surface area (Å²) in [6.07, 6.45) is 2.81. The van der Waals surface area contributed by atoms with Crippen molar-refractivity contribution >= 4 is 6.41 Å². The van der Waals surface area contributed by atoms with E-state index < -0.39 is 0 Å². The van der Waals surface area contributed by atoms with Crippen LogP contribution in [0.5, 0.6) is 0 Å². The Morgan fingerprint density at radius 3 is 1.80 bits per heavy atom. The summed E-state index contributed by atoms with van der Waals surface area (Å²) in [7, 11) is 0. The molecule has 0 heterocycles. The van der Waals surface area contributed by atoms with Crippen LogP contribution in [0.4, 0.5) is 0 Å². The van der Waals surface area contributed by atoms with Crippen LogP contribution in [0.1, 0.15) is 40.5 Å². The van der Waals surface area contributed by atoms with Crippen LogP contribution in [0.2, 0.25) is 0 Å². The van der Waals surface area contributed by atoms with Gasteiger partial charge in [0.25, 0.3) is 0 Å². The zero-order chi connectivity index (χ0) is 8.41. The Kier molecular flexibility index (Phi) is 13.7. The first-order valence-corrected chi connectivity index (χ1v) is 4.04. The summed E-state index contributed by atoms with van der Waals surface area (Å²) in [5, 5.41) is 2.70. The van der Waals surface area contributed by atoms with Crippen molar-refractivity contribution in [1.29, 1.82) is 0 Å². The maximum atomic E-state index is 9.82. The average molecular weight is 145 g/mol. The van der Waals surface area contributed by atoms with E-state index in [9.17, 15) is 4.79 Å². The van der Waals surface area contributed by atoms with Crippen molar-refractivity contribution in [2.45, 2.75) is 46.6 Å². The van der Waals surface area contributed by atoms with Crippen LogP contribution in [0.3, 0.4) is 0 Å². The minimum Gasteiger partial charge on any atom is -0.356 e. The van der Waals surface area contributed by atoms with Gasteiger partial charge in [-0.05, 0) is 12.8 Å². The fourth-order valence-corrected chi connectivity index (χ4v) is 0.621. The molecule has 0 fully saturated rings. The number of amides is 1. The molecule has 0 aliphatic heterocycles. The molecule has 0 aromatic heterocycles. The van der Waals surface area contributed by atoms with Gasteiger partial charge in [-0.15, -0.1) is 0 Å². The molecule has 0 aromatic rings. The smallest absolute Gasteiger partial charge is 0.207 e. The number of nitrogens with one attached hydrogen (secondary N) is 1. The van der Waals surface area contributed by atoms with Crippen molar-refractivity contribution in [1.82, 2.24) is 5.32 Å². The first-order valence-electron chi connectivity index (χ1n) is 4.04. The highest BCUT2D eigenvalue weighted by molar-refractivity contribution is 5.46. The molecule has 0 aliphatic rings. The van der Waals surface area contributed by atoms with Crippen molar-refractivity contribution in [3.05, 3.63) is 0 Å². The third-order valence-electron chi connectivity index (χ3n) is 1.29. The van der Waals surface area contributed by atoms with Crippen LogP contribution in [0.15, 0.2) is 0 Å². The minimum atomic E-state index is 0.382. The van der Waals surface area contributed by atoms with Crippen LogP contribution in [-0.2, 0) is 4.79 Å². The largest absolute Gasteiger partial charge is 0.356 e. The Balaban J connectivity index is 0. The Bertz CT molecular complexity index is 60.3. The molecule has 1 N–H and O–H groups in total. The molecule has 0 bridgehead atoms. The van der Waals surface area contributed by atoms with Crippen LogP contribution in [-0.4, -0.2) is 12.5 Å². The molecule has 1 amide bonds. The molecule has 0 spiro atoms. The summed E-state index contributed by atoms with van der Waals surface area (Å²) >= 11 is 0. The van der Waals surface area contributed by atoms with Gasteiger partial charge in [-0.3, -0.25) is 4.79 Å².